The SMILES string of the molecule is C[C@H](NC(=O)N1CCN(c2ncnc3[nH]c(-c4ccc(F)cc4)cc23)CC1(C)C)c1ccc(Cl)cc1. The molecule has 0 unspecified atom stereocenters. The Labute approximate surface area is 214 Å². The van der Waals surface area contributed by atoms with Gasteiger partial charge in [0.1, 0.15) is 23.6 Å². The molecule has 2 amide bonds. The number of amides is 2. The molecule has 9 heteroatoms. The van der Waals surface area contributed by atoms with Gasteiger partial charge in [0.15, 0.2) is 0 Å². The summed E-state index contributed by atoms with van der Waals surface area (Å²) in [6.45, 7) is 7.88. The van der Waals surface area contributed by atoms with Crippen LogP contribution in [0.4, 0.5) is 15.0 Å². The van der Waals surface area contributed by atoms with Gasteiger partial charge in [0.2, 0.25) is 0 Å². The van der Waals surface area contributed by atoms with Crippen LogP contribution in [0.3, 0.4) is 0 Å². The van der Waals surface area contributed by atoms with E-state index < -0.39 is 5.54 Å². The van der Waals surface area contributed by atoms with Crippen molar-refractivity contribution < 1.29 is 9.18 Å². The Balaban J connectivity index is 1.33. The van der Waals surface area contributed by atoms with Gasteiger partial charge in [0.25, 0.3) is 0 Å². The number of carbonyl (C=O) groups is 1. The molecule has 1 atom stereocenters. The number of hydrogen-bond donors (Lipinski definition) is 2. The average molecular weight is 507 g/mol. The van der Waals surface area contributed by atoms with E-state index in [1.54, 1.807) is 18.5 Å². The average Bonchev–Trinajstić information content (AvgIpc) is 3.28. The number of H-pyrrole nitrogens is 1. The topological polar surface area (TPSA) is 77.2 Å². The lowest BCUT2D eigenvalue weighted by atomic mass is 9.98. The molecule has 0 bridgehead atoms. The maximum Gasteiger partial charge on any atom is 0.318 e. The predicted molar refractivity (Wildman–Crippen MR) is 141 cm³/mol. The first-order valence-electron chi connectivity index (χ1n) is 11.9. The van der Waals surface area contributed by atoms with Crippen LogP contribution in [-0.4, -0.2) is 51.1 Å². The summed E-state index contributed by atoms with van der Waals surface area (Å²) in [5, 5.41) is 4.68. The molecular weight excluding hydrogens is 479 g/mol. The molecular formula is C27H28ClFN6O. The maximum absolute atomic E-state index is 13.4. The highest BCUT2D eigenvalue weighted by Gasteiger charge is 2.38. The zero-order valence-corrected chi connectivity index (χ0v) is 21.2. The molecule has 0 saturated carbocycles. The Morgan fingerprint density at radius 2 is 1.83 bits per heavy atom. The van der Waals surface area contributed by atoms with E-state index in [-0.39, 0.29) is 17.9 Å². The Morgan fingerprint density at radius 1 is 1.11 bits per heavy atom. The minimum atomic E-state index is -0.435. The molecule has 4 aromatic rings. The first-order valence-corrected chi connectivity index (χ1v) is 12.3. The Bertz CT molecular complexity index is 1390. The highest BCUT2D eigenvalue weighted by molar-refractivity contribution is 6.30. The number of nitrogens with zero attached hydrogens (tertiary/aromatic N) is 4. The second kappa shape index (κ2) is 9.43. The van der Waals surface area contributed by atoms with E-state index in [9.17, 15) is 9.18 Å². The molecule has 1 aliphatic rings. The van der Waals surface area contributed by atoms with Gasteiger partial charge in [-0.3, -0.25) is 0 Å². The molecule has 1 saturated heterocycles. The molecule has 5 rings (SSSR count). The molecule has 1 aliphatic heterocycles. The van der Waals surface area contributed by atoms with Gasteiger partial charge < -0.3 is 20.1 Å². The summed E-state index contributed by atoms with van der Waals surface area (Å²) in [5.74, 6) is 0.536. The van der Waals surface area contributed by atoms with Gasteiger partial charge in [-0.25, -0.2) is 19.2 Å². The van der Waals surface area contributed by atoms with Gasteiger partial charge in [-0.2, -0.15) is 0 Å². The second-order valence-corrected chi connectivity index (χ2v) is 10.2. The first kappa shape index (κ1) is 24.1. The van der Waals surface area contributed by atoms with Crippen molar-refractivity contribution in [3.8, 4) is 11.3 Å². The lowest BCUT2D eigenvalue weighted by Gasteiger charge is -2.47. The number of fused-ring (bicyclic) bond motifs is 1. The summed E-state index contributed by atoms with van der Waals surface area (Å²) in [5.41, 5.74) is 3.00. The molecule has 36 heavy (non-hydrogen) atoms. The van der Waals surface area contributed by atoms with Crippen molar-refractivity contribution in [3.05, 3.63) is 77.3 Å². The maximum atomic E-state index is 13.4. The van der Waals surface area contributed by atoms with Gasteiger partial charge in [-0.1, -0.05) is 23.7 Å². The molecule has 7 nitrogen and oxygen atoms in total. The lowest BCUT2D eigenvalue weighted by molar-refractivity contribution is 0.121. The van der Waals surface area contributed by atoms with Crippen molar-refractivity contribution in [1.29, 1.82) is 0 Å². The highest BCUT2D eigenvalue weighted by atomic mass is 35.5. The minimum absolute atomic E-state index is 0.102. The number of rotatable bonds is 4. The van der Waals surface area contributed by atoms with E-state index in [1.807, 2.05) is 42.2 Å². The van der Waals surface area contributed by atoms with Crippen LogP contribution in [0, 0.1) is 5.82 Å². The second-order valence-electron chi connectivity index (χ2n) is 9.76. The fourth-order valence-corrected chi connectivity index (χ4v) is 4.90. The van der Waals surface area contributed by atoms with E-state index >= 15 is 0 Å². The van der Waals surface area contributed by atoms with Crippen molar-refractivity contribution in [1.82, 2.24) is 25.2 Å². The van der Waals surface area contributed by atoms with Crippen LogP contribution in [0.2, 0.25) is 5.02 Å². The van der Waals surface area contributed by atoms with Crippen molar-refractivity contribution in [2.75, 3.05) is 24.5 Å². The summed E-state index contributed by atoms with van der Waals surface area (Å²) >= 11 is 6.00. The van der Waals surface area contributed by atoms with E-state index in [4.69, 9.17) is 11.6 Å². The molecule has 0 aliphatic carbocycles. The molecule has 2 N–H and O–H groups in total. The first-order chi connectivity index (χ1) is 17.2. The highest BCUT2D eigenvalue weighted by Crippen LogP contribution is 2.32. The van der Waals surface area contributed by atoms with Crippen LogP contribution in [-0.2, 0) is 0 Å². The smallest absolute Gasteiger partial charge is 0.318 e. The molecule has 1 fully saturated rings. The Kier molecular flexibility index (Phi) is 6.30. The van der Waals surface area contributed by atoms with Gasteiger partial charge in [-0.05, 0) is 74.4 Å². The summed E-state index contributed by atoms with van der Waals surface area (Å²) in [4.78, 5) is 29.6. The number of aromatic amines is 1. The molecule has 0 radical (unpaired) electrons. The molecule has 2 aromatic heterocycles. The van der Waals surface area contributed by atoms with Crippen LogP contribution in [0.5, 0.6) is 0 Å². The molecule has 0 spiro atoms. The number of carbonyl (C=O) groups excluding carboxylic acids is 1. The number of anilines is 1. The lowest BCUT2D eigenvalue weighted by Crippen LogP contribution is -2.63. The fraction of sp³-hybridized carbons (Fsp3) is 0.296. The zero-order valence-electron chi connectivity index (χ0n) is 20.4. The van der Waals surface area contributed by atoms with Gasteiger partial charge in [-0.15, -0.1) is 0 Å². The number of aromatic nitrogens is 3. The quantitative estimate of drug-likeness (QED) is 0.367. The van der Waals surface area contributed by atoms with Crippen LogP contribution in [0.1, 0.15) is 32.4 Å². The summed E-state index contributed by atoms with van der Waals surface area (Å²) in [7, 11) is 0. The van der Waals surface area contributed by atoms with Crippen molar-refractivity contribution >= 4 is 34.5 Å². The predicted octanol–water partition coefficient (Wildman–Crippen LogP) is 5.79. The Hall–Kier alpha value is -3.65. The summed E-state index contributed by atoms with van der Waals surface area (Å²) in [6.07, 6.45) is 1.54. The normalized spacial score (nSPS) is 16.2. The summed E-state index contributed by atoms with van der Waals surface area (Å²) < 4.78 is 13.4. The number of urea groups is 1. The number of halogens is 2. The van der Waals surface area contributed by atoms with Gasteiger partial charge in [0, 0.05) is 30.4 Å². The standard InChI is InChI=1S/C27H28ClFN6O/c1-17(18-4-8-20(28)9-5-18)32-26(36)35-13-12-34(15-27(35,2)3)25-22-14-23(33-24(22)30-16-31-25)19-6-10-21(29)11-7-19/h4-11,14,16-17H,12-13,15H2,1-3H3,(H,32,36)(H,30,31,33)/t17-/m0/s1. The van der Waals surface area contributed by atoms with E-state index in [1.165, 1.54) is 12.1 Å². The number of benzene rings is 2. The minimum Gasteiger partial charge on any atom is -0.352 e. The van der Waals surface area contributed by atoms with Crippen molar-refractivity contribution in [3.63, 3.8) is 0 Å². The van der Waals surface area contributed by atoms with E-state index in [0.29, 0.717) is 30.3 Å². The largest absolute Gasteiger partial charge is 0.352 e. The van der Waals surface area contributed by atoms with Crippen LogP contribution in [0.25, 0.3) is 22.3 Å². The molecule has 186 valence electrons. The molecule has 2 aromatic carbocycles. The van der Waals surface area contributed by atoms with Crippen molar-refractivity contribution in [2.24, 2.45) is 0 Å². The summed E-state index contributed by atoms with van der Waals surface area (Å²) in [6, 6.07) is 15.6. The third-order valence-electron chi connectivity index (χ3n) is 6.72. The van der Waals surface area contributed by atoms with Crippen LogP contribution >= 0.6 is 11.6 Å². The van der Waals surface area contributed by atoms with Gasteiger partial charge in [0.05, 0.1) is 17.0 Å². The fourth-order valence-electron chi connectivity index (χ4n) is 4.77. The Morgan fingerprint density at radius 3 is 2.53 bits per heavy atom. The number of hydrogen-bond acceptors (Lipinski definition) is 4. The monoisotopic (exact) mass is 506 g/mol. The van der Waals surface area contributed by atoms with E-state index in [2.05, 4.69) is 39.0 Å². The number of nitrogens with one attached hydrogen (secondary N) is 2. The third kappa shape index (κ3) is 4.73. The van der Waals surface area contributed by atoms with Crippen LogP contribution in [0.15, 0.2) is 60.9 Å². The van der Waals surface area contributed by atoms with Crippen LogP contribution < -0.4 is 10.2 Å². The molecule has 3 heterocycles. The van der Waals surface area contributed by atoms with E-state index in [0.717, 1.165) is 28.0 Å². The zero-order chi connectivity index (χ0) is 25.4. The van der Waals surface area contributed by atoms with Crippen molar-refractivity contribution in [2.45, 2.75) is 32.4 Å². The third-order valence-corrected chi connectivity index (χ3v) is 6.97. The van der Waals surface area contributed by atoms with Gasteiger partial charge >= 0.3 is 6.03 Å². The number of piperazine rings is 1.